The number of thioether (sulfide) groups is 1. The van der Waals surface area contributed by atoms with E-state index in [9.17, 15) is 0 Å². The second-order valence-corrected chi connectivity index (χ2v) is 4.69. The number of hydrogen-bond acceptors (Lipinski definition) is 4. The van der Waals surface area contributed by atoms with Crippen LogP contribution in [0.1, 0.15) is 0 Å². The Morgan fingerprint density at radius 1 is 1.53 bits per heavy atom. The number of nitrogens with one attached hydrogen (secondary N) is 2. The average Bonchev–Trinajstić information content (AvgIpc) is 2.76. The van der Waals surface area contributed by atoms with E-state index in [0.717, 1.165) is 40.3 Å². The van der Waals surface area contributed by atoms with Gasteiger partial charge in [0.05, 0.1) is 28.8 Å². The Labute approximate surface area is 104 Å². The van der Waals surface area contributed by atoms with Gasteiger partial charge in [-0.25, -0.2) is 0 Å². The second-order valence-electron chi connectivity index (χ2n) is 3.58. The number of fused-ring (bicyclic) bond motifs is 1. The van der Waals surface area contributed by atoms with Gasteiger partial charge in [-0.05, 0) is 12.1 Å². The van der Waals surface area contributed by atoms with Crippen molar-refractivity contribution in [2.75, 3.05) is 29.1 Å². The first-order valence-electron chi connectivity index (χ1n) is 5.29. The maximum absolute atomic E-state index is 5.94. The van der Waals surface area contributed by atoms with Gasteiger partial charge >= 0.3 is 0 Å². The molecule has 0 saturated heterocycles. The molecule has 4 N–H and O–H groups in total. The average molecular weight is 246 g/mol. The Morgan fingerprint density at radius 3 is 3.24 bits per heavy atom. The number of rotatable bonds is 5. The van der Waals surface area contributed by atoms with Gasteiger partial charge in [0.1, 0.15) is 0 Å². The van der Waals surface area contributed by atoms with Crippen LogP contribution < -0.4 is 11.1 Å². The van der Waals surface area contributed by atoms with Crippen LogP contribution >= 0.6 is 11.8 Å². The molecular formula is C12H14N4S. The number of nitrogens with two attached hydrogens (primary N) is 1. The molecule has 0 aliphatic carbocycles. The van der Waals surface area contributed by atoms with Gasteiger partial charge in [-0.3, -0.25) is 5.10 Å². The summed E-state index contributed by atoms with van der Waals surface area (Å²) in [6, 6.07) is 3.89. The highest BCUT2D eigenvalue weighted by atomic mass is 32.2. The molecule has 0 aliphatic rings. The predicted octanol–water partition coefficient (Wildman–Crippen LogP) is 1.92. The topological polar surface area (TPSA) is 66.7 Å². The van der Waals surface area contributed by atoms with E-state index in [2.05, 4.69) is 21.4 Å². The molecule has 17 heavy (non-hydrogen) atoms. The van der Waals surface area contributed by atoms with Gasteiger partial charge in [-0.2, -0.15) is 5.10 Å². The molecule has 1 heterocycles. The molecule has 88 valence electrons. The van der Waals surface area contributed by atoms with Crippen molar-refractivity contribution in [3.05, 3.63) is 18.3 Å². The third kappa shape index (κ3) is 2.86. The molecule has 2 aromatic rings. The van der Waals surface area contributed by atoms with Crippen molar-refractivity contribution in [1.82, 2.24) is 10.2 Å². The Morgan fingerprint density at radius 2 is 2.41 bits per heavy atom. The SMILES string of the molecule is C#CCSCCNc1cc2[nH]ncc2cc1N. The largest absolute Gasteiger partial charge is 0.397 e. The van der Waals surface area contributed by atoms with Crippen molar-refractivity contribution < 1.29 is 0 Å². The van der Waals surface area contributed by atoms with E-state index in [4.69, 9.17) is 12.2 Å². The van der Waals surface area contributed by atoms with Crippen LogP contribution in [-0.2, 0) is 0 Å². The summed E-state index contributed by atoms with van der Waals surface area (Å²) in [5, 5.41) is 11.2. The molecule has 1 aromatic heterocycles. The fourth-order valence-electron chi connectivity index (χ4n) is 1.55. The molecule has 4 nitrogen and oxygen atoms in total. The van der Waals surface area contributed by atoms with Gasteiger partial charge in [0.2, 0.25) is 0 Å². The highest BCUT2D eigenvalue weighted by molar-refractivity contribution is 7.99. The highest BCUT2D eigenvalue weighted by Crippen LogP contribution is 2.24. The van der Waals surface area contributed by atoms with Crippen LogP contribution in [0.4, 0.5) is 11.4 Å². The van der Waals surface area contributed by atoms with Crippen molar-refractivity contribution in [3.63, 3.8) is 0 Å². The molecule has 0 unspecified atom stereocenters. The first kappa shape index (κ1) is 11.7. The van der Waals surface area contributed by atoms with E-state index in [1.165, 1.54) is 0 Å². The molecular weight excluding hydrogens is 232 g/mol. The highest BCUT2D eigenvalue weighted by Gasteiger charge is 2.02. The van der Waals surface area contributed by atoms with Crippen LogP contribution in [0, 0.1) is 12.3 Å². The van der Waals surface area contributed by atoms with Gasteiger partial charge < -0.3 is 11.1 Å². The lowest BCUT2D eigenvalue weighted by Crippen LogP contribution is -2.06. The standard InChI is InChI=1S/C12H14N4S/c1-2-4-17-5-3-14-12-7-11-9(6-10(12)13)8-15-16-11/h1,6-8,14H,3-5,13H2,(H,15,16). The van der Waals surface area contributed by atoms with E-state index in [1.54, 1.807) is 18.0 Å². The number of H-pyrrole nitrogens is 1. The molecule has 0 spiro atoms. The van der Waals surface area contributed by atoms with E-state index >= 15 is 0 Å². The van der Waals surface area contributed by atoms with E-state index in [1.807, 2.05) is 12.1 Å². The first-order chi connectivity index (χ1) is 8.31. The minimum absolute atomic E-state index is 0.737. The number of anilines is 2. The molecule has 2 rings (SSSR count). The van der Waals surface area contributed by atoms with E-state index in [0.29, 0.717) is 0 Å². The van der Waals surface area contributed by atoms with Crippen LogP contribution in [0.3, 0.4) is 0 Å². The predicted molar refractivity (Wildman–Crippen MR) is 75.2 cm³/mol. The van der Waals surface area contributed by atoms with Crippen LogP contribution in [0.5, 0.6) is 0 Å². The molecule has 0 amide bonds. The van der Waals surface area contributed by atoms with Gasteiger partial charge in [0.25, 0.3) is 0 Å². The molecule has 1 aromatic carbocycles. The normalized spacial score (nSPS) is 10.3. The number of aromatic amines is 1. The number of nitrogens with zero attached hydrogens (tertiary/aromatic N) is 1. The van der Waals surface area contributed by atoms with E-state index < -0.39 is 0 Å². The zero-order chi connectivity index (χ0) is 12.1. The minimum Gasteiger partial charge on any atom is -0.397 e. The first-order valence-corrected chi connectivity index (χ1v) is 6.44. The third-order valence-electron chi connectivity index (χ3n) is 2.36. The summed E-state index contributed by atoms with van der Waals surface area (Å²) in [4.78, 5) is 0. The lowest BCUT2D eigenvalue weighted by atomic mass is 10.2. The molecule has 0 fully saturated rings. The van der Waals surface area contributed by atoms with Crippen LogP contribution in [0.25, 0.3) is 10.9 Å². The number of hydrogen-bond donors (Lipinski definition) is 3. The monoisotopic (exact) mass is 246 g/mol. The minimum atomic E-state index is 0.737. The van der Waals surface area contributed by atoms with Crippen molar-refractivity contribution >= 4 is 34.0 Å². The maximum Gasteiger partial charge on any atom is 0.0672 e. The molecule has 0 radical (unpaired) electrons. The summed E-state index contributed by atoms with van der Waals surface area (Å²) < 4.78 is 0. The summed E-state index contributed by atoms with van der Waals surface area (Å²) in [5.74, 6) is 4.31. The molecule has 0 saturated carbocycles. The number of nitrogen functional groups attached to an aromatic ring is 1. The van der Waals surface area contributed by atoms with Gasteiger partial charge in [0, 0.05) is 17.7 Å². The number of aromatic nitrogens is 2. The molecule has 0 atom stereocenters. The summed E-state index contributed by atoms with van der Waals surface area (Å²) in [7, 11) is 0. The Hall–Kier alpha value is -1.80. The van der Waals surface area contributed by atoms with Gasteiger partial charge in [0.15, 0.2) is 0 Å². The molecule has 0 aliphatic heterocycles. The van der Waals surface area contributed by atoms with Gasteiger partial charge in [-0.1, -0.05) is 5.92 Å². The summed E-state index contributed by atoms with van der Waals surface area (Å²) in [5.41, 5.74) is 8.60. The zero-order valence-corrected chi connectivity index (χ0v) is 10.2. The molecule has 0 bridgehead atoms. The quantitative estimate of drug-likeness (QED) is 0.428. The Balaban J connectivity index is 1.98. The Bertz CT molecular complexity index is 541. The maximum atomic E-state index is 5.94. The van der Waals surface area contributed by atoms with Crippen LogP contribution in [0.2, 0.25) is 0 Å². The van der Waals surface area contributed by atoms with Crippen LogP contribution in [0.15, 0.2) is 18.3 Å². The number of terminal acetylenes is 1. The Kier molecular flexibility index (Phi) is 3.78. The van der Waals surface area contributed by atoms with Crippen molar-refractivity contribution in [3.8, 4) is 12.3 Å². The van der Waals surface area contributed by atoms with Crippen molar-refractivity contribution in [1.29, 1.82) is 0 Å². The summed E-state index contributed by atoms with van der Waals surface area (Å²) in [6.07, 6.45) is 6.94. The van der Waals surface area contributed by atoms with Crippen LogP contribution in [-0.4, -0.2) is 28.2 Å². The zero-order valence-electron chi connectivity index (χ0n) is 9.36. The lowest BCUT2D eigenvalue weighted by molar-refractivity contribution is 1.12. The van der Waals surface area contributed by atoms with Crippen molar-refractivity contribution in [2.24, 2.45) is 0 Å². The fraction of sp³-hybridized carbons (Fsp3) is 0.250. The number of benzene rings is 1. The molecule has 5 heteroatoms. The third-order valence-corrected chi connectivity index (χ3v) is 3.22. The fourth-order valence-corrected chi connectivity index (χ4v) is 2.06. The van der Waals surface area contributed by atoms with Gasteiger partial charge in [-0.15, -0.1) is 18.2 Å². The second kappa shape index (κ2) is 5.51. The van der Waals surface area contributed by atoms with E-state index in [-0.39, 0.29) is 0 Å². The summed E-state index contributed by atoms with van der Waals surface area (Å²) in [6.45, 7) is 0.843. The lowest BCUT2D eigenvalue weighted by Gasteiger charge is -2.08. The smallest absolute Gasteiger partial charge is 0.0672 e. The summed E-state index contributed by atoms with van der Waals surface area (Å²) >= 11 is 1.72. The van der Waals surface area contributed by atoms with Crippen molar-refractivity contribution in [2.45, 2.75) is 0 Å².